The molecule has 5 heterocycles. The Hall–Kier alpha value is -8.80. The maximum absolute atomic E-state index is 9.89. The molecule has 0 atom stereocenters. The number of allylic oxidation sites excluding steroid dienone is 6. The molecule has 5 nitrogen and oxygen atoms in total. The summed E-state index contributed by atoms with van der Waals surface area (Å²) in [6.45, 7) is 0. The lowest BCUT2D eigenvalue weighted by molar-refractivity contribution is 0.332. The molecule has 9 heteroatoms. The molecule has 10 aromatic rings. The van der Waals surface area contributed by atoms with Crippen LogP contribution in [-0.4, -0.2) is 0 Å². The van der Waals surface area contributed by atoms with Gasteiger partial charge in [-0.3, -0.25) is 0 Å². The Morgan fingerprint density at radius 3 is 0.877 bits per heavy atom. The van der Waals surface area contributed by atoms with Crippen LogP contribution >= 0.6 is 45.3 Å². The SMILES string of the molecule is N#CC(C#N)=C1C=C(/C=C/c2ccc(N(c3ccc(-c4cccs4)cc3)c3ccc(-c4cccs4)cc3)cc2)OC(/C=C/c2ccc(N(c3ccc(-c4cccs4)cc3)c3ccc(-c4cccs4)cc3)cc2)=C1. The van der Waals surface area contributed by atoms with Gasteiger partial charge in [-0.25, -0.2) is 0 Å². The second-order valence-electron chi connectivity index (χ2n) is 16.9. The number of rotatable bonds is 14. The van der Waals surface area contributed by atoms with Crippen molar-refractivity contribution >= 4 is 91.6 Å². The second kappa shape index (κ2) is 21.7. The highest BCUT2D eigenvalue weighted by Gasteiger charge is 2.17. The summed E-state index contributed by atoms with van der Waals surface area (Å²) < 4.78 is 6.38. The van der Waals surface area contributed by atoms with Crippen LogP contribution in [0.15, 0.2) is 263 Å². The van der Waals surface area contributed by atoms with Gasteiger partial charge >= 0.3 is 0 Å². The Kier molecular flexibility index (Phi) is 13.8. The zero-order valence-electron chi connectivity index (χ0n) is 39.1. The molecule has 1 aliphatic rings. The lowest BCUT2D eigenvalue weighted by atomic mass is 10.0. The van der Waals surface area contributed by atoms with Crippen molar-refractivity contribution in [3.8, 4) is 53.9 Å². The third kappa shape index (κ3) is 10.6. The van der Waals surface area contributed by atoms with Gasteiger partial charge in [0.2, 0.25) is 0 Å². The highest BCUT2D eigenvalue weighted by molar-refractivity contribution is 7.14. The Morgan fingerprint density at radius 1 is 0.356 bits per heavy atom. The number of benzene rings is 6. The topological polar surface area (TPSA) is 63.3 Å². The van der Waals surface area contributed by atoms with E-state index >= 15 is 0 Å². The number of nitriles is 2. The molecule has 4 aromatic heterocycles. The summed E-state index contributed by atoms with van der Waals surface area (Å²) in [7, 11) is 0. The number of hydrogen-bond donors (Lipinski definition) is 0. The maximum atomic E-state index is 9.89. The molecule has 1 aliphatic heterocycles. The average molecular weight is 1010 g/mol. The summed E-state index contributed by atoms with van der Waals surface area (Å²) in [6, 6.07) is 72.6. The van der Waals surface area contributed by atoms with Gasteiger partial charge in [-0.15, -0.1) is 45.3 Å². The summed E-state index contributed by atoms with van der Waals surface area (Å²) in [5, 5.41) is 28.2. The average Bonchev–Trinajstić information content (AvgIpc) is 4.32. The summed E-state index contributed by atoms with van der Waals surface area (Å²) in [5.74, 6) is 1.01. The van der Waals surface area contributed by atoms with E-state index in [1.54, 1.807) is 57.5 Å². The van der Waals surface area contributed by atoms with Gasteiger partial charge in [0, 0.05) is 59.2 Å². The standard InChI is InChI=1S/C64H42N4OS4/c65-43-52(44-66)51-41-59(35-13-45-9-23-53(24-10-45)67(55-27-15-47(16-28-55)61-5-1-37-70-61)56-29-17-48(18-30-56)62-6-2-38-71-62)69-60(42-51)36-14-46-11-25-54(26-12-46)68(57-31-19-49(20-32-57)63-7-3-39-72-63)58-33-21-50(22-34-58)64-8-4-40-73-64/h1-42H/b35-13+,36-14+. The molecule has 0 amide bonds. The number of ether oxygens (including phenoxy) is 1. The smallest absolute Gasteiger partial charge is 0.137 e. The van der Waals surface area contributed by atoms with Crippen molar-refractivity contribution in [2.24, 2.45) is 0 Å². The first kappa shape index (κ1) is 46.6. The van der Waals surface area contributed by atoms with E-state index in [-0.39, 0.29) is 5.57 Å². The molecular weight excluding hydrogens is 969 g/mol. The van der Waals surface area contributed by atoms with E-state index in [0.29, 0.717) is 17.1 Å². The second-order valence-corrected chi connectivity index (χ2v) is 20.7. The first-order chi connectivity index (χ1) is 36.0. The van der Waals surface area contributed by atoms with E-state index in [0.717, 1.165) is 45.3 Å². The summed E-state index contributed by atoms with van der Waals surface area (Å²) in [4.78, 5) is 9.47. The molecule has 0 fully saturated rings. The summed E-state index contributed by atoms with van der Waals surface area (Å²) >= 11 is 6.94. The molecule has 0 spiro atoms. The van der Waals surface area contributed by atoms with E-state index in [4.69, 9.17) is 4.74 Å². The minimum absolute atomic E-state index is 0.00711. The number of thiophene rings is 4. The normalized spacial score (nSPS) is 12.2. The zero-order valence-corrected chi connectivity index (χ0v) is 42.3. The van der Waals surface area contributed by atoms with Crippen LogP contribution in [-0.2, 0) is 4.74 Å². The predicted molar refractivity (Wildman–Crippen MR) is 309 cm³/mol. The monoisotopic (exact) mass is 1010 g/mol. The van der Waals surface area contributed by atoms with Crippen molar-refractivity contribution in [3.05, 3.63) is 274 Å². The molecule has 73 heavy (non-hydrogen) atoms. The molecular formula is C64H42N4OS4. The van der Waals surface area contributed by atoms with Crippen LogP contribution in [0.3, 0.4) is 0 Å². The lowest BCUT2D eigenvalue weighted by Gasteiger charge is -2.26. The minimum Gasteiger partial charge on any atom is -0.457 e. The predicted octanol–water partition coefficient (Wildman–Crippen LogP) is 19.4. The molecule has 0 saturated heterocycles. The number of hydrogen-bond acceptors (Lipinski definition) is 9. The van der Waals surface area contributed by atoms with Gasteiger partial charge in [0.1, 0.15) is 29.2 Å². The fraction of sp³-hybridized carbons (Fsp3) is 0. The van der Waals surface area contributed by atoms with Gasteiger partial charge < -0.3 is 14.5 Å². The van der Waals surface area contributed by atoms with Gasteiger partial charge in [-0.1, -0.05) is 109 Å². The van der Waals surface area contributed by atoms with Crippen molar-refractivity contribution in [2.45, 2.75) is 0 Å². The fourth-order valence-electron chi connectivity index (χ4n) is 8.60. The van der Waals surface area contributed by atoms with E-state index in [1.807, 2.05) is 24.3 Å². The Morgan fingerprint density at radius 2 is 0.630 bits per heavy atom. The van der Waals surface area contributed by atoms with Crippen LogP contribution in [0, 0.1) is 22.7 Å². The van der Waals surface area contributed by atoms with E-state index in [1.165, 1.54) is 41.8 Å². The van der Waals surface area contributed by atoms with Crippen LogP contribution in [0.2, 0.25) is 0 Å². The van der Waals surface area contributed by atoms with Crippen LogP contribution in [0.25, 0.3) is 53.9 Å². The first-order valence-electron chi connectivity index (χ1n) is 23.4. The third-order valence-electron chi connectivity index (χ3n) is 12.3. The van der Waals surface area contributed by atoms with Crippen molar-refractivity contribution in [1.82, 2.24) is 0 Å². The zero-order chi connectivity index (χ0) is 49.3. The van der Waals surface area contributed by atoms with Crippen LogP contribution in [0.4, 0.5) is 34.1 Å². The summed E-state index contributed by atoms with van der Waals surface area (Å²) in [6.07, 6.45) is 11.2. The maximum Gasteiger partial charge on any atom is 0.137 e. The van der Waals surface area contributed by atoms with Crippen LogP contribution in [0.1, 0.15) is 11.1 Å². The Balaban J connectivity index is 0.827. The molecule has 0 radical (unpaired) electrons. The van der Waals surface area contributed by atoms with E-state index < -0.39 is 0 Å². The molecule has 0 unspecified atom stereocenters. The van der Waals surface area contributed by atoms with Crippen molar-refractivity contribution < 1.29 is 4.74 Å². The fourth-order valence-corrected chi connectivity index (χ4v) is 11.5. The van der Waals surface area contributed by atoms with Gasteiger partial charge in [0.25, 0.3) is 0 Å². The van der Waals surface area contributed by atoms with Crippen molar-refractivity contribution in [1.29, 1.82) is 10.5 Å². The Bertz CT molecular complexity index is 3300. The molecule has 348 valence electrons. The molecule has 0 bridgehead atoms. The third-order valence-corrected chi connectivity index (χ3v) is 15.9. The van der Waals surface area contributed by atoms with Gasteiger partial charge in [0.15, 0.2) is 0 Å². The molecule has 0 saturated carbocycles. The van der Waals surface area contributed by atoms with E-state index in [9.17, 15) is 10.5 Å². The quantitative estimate of drug-likeness (QED) is 0.102. The molecule has 0 aliphatic carbocycles. The lowest BCUT2D eigenvalue weighted by Crippen LogP contribution is -2.09. The first-order valence-corrected chi connectivity index (χ1v) is 27.0. The molecule has 0 N–H and O–H groups in total. The molecule has 11 rings (SSSR count). The van der Waals surface area contributed by atoms with Crippen LogP contribution in [0.5, 0.6) is 0 Å². The number of nitrogens with zero attached hydrogens (tertiary/aromatic N) is 4. The Labute approximate surface area is 441 Å². The van der Waals surface area contributed by atoms with Crippen molar-refractivity contribution in [3.63, 3.8) is 0 Å². The van der Waals surface area contributed by atoms with Gasteiger partial charge in [-0.2, -0.15) is 10.5 Å². The highest BCUT2D eigenvalue weighted by atomic mass is 32.1. The highest BCUT2D eigenvalue weighted by Crippen LogP contribution is 2.40. The summed E-state index contributed by atoms with van der Waals surface area (Å²) in [5.41, 5.74) is 13.4. The van der Waals surface area contributed by atoms with E-state index in [2.05, 4.69) is 238 Å². The van der Waals surface area contributed by atoms with Gasteiger partial charge in [0.05, 0.1) is 0 Å². The van der Waals surface area contributed by atoms with Gasteiger partial charge in [-0.05, 0) is 176 Å². The van der Waals surface area contributed by atoms with Crippen LogP contribution < -0.4 is 9.80 Å². The van der Waals surface area contributed by atoms with Crippen molar-refractivity contribution in [2.75, 3.05) is 9.80 Å². The number of anilines is 6. The largest absolute Gasteiger partial charge is 0.457 e. The molecule has 6 aromatic carbocycles. The minimum atomic E-state index is 0.00711.